The van der Waals surface area contributed by atoms with Crippen LogP contribution in [0.3, 0.4) is 0 Å². The first-order valence-corrected chi connectivity index (χ1v) is 8.45. The Kier molecular flexibility index (Phi) is 5.04. The maximum atomic E-state index is 10.8. The Balaban J connectivity index is 3.02. The summed E-state index contributed by atoms with van der Waals surface area (Å²) >= 11 is -2.16. The van der Waals surface area contributed by atoms with E-state index in [0.717, 1.165) is 4.35 Å². The van der Waals surface area contributed by atoms with E-state index < -0.39 is 26.6 Å². The van der Waals surface area contributed by atoms with Crippen molar-refractivity contribution in [3.63, 3.8) is 0 Å². The number of hydrogen-bond donors (Lipinski definition) is 2. The molecule has 0 fully saturated rings. The van der Waals surface area contributed by atoms with Crippen LogP contribution in [0.5, 0.6) is 5.75 Å². The fourth-order valence-corrected chi connectivity index (χ4v) is 5.39. The van der Waals surface area contributed by atoms with Gasteiger partial charge in [-0.05, 0) is 0 Å². The van der Waals surface area contributed by atoms with Gasteiger partial charge in [-0.1, -0.05) is 0 Å². The normalized spacial score (nSPS) is 10.2. The molecule has 0 saturated heterocycles. The summed E-state index contributed by atoms with van der Waals surface area (Å²) < 4.78 is 5.90. The van der Waals surface area contributed by atoms with Crippen LogP contribution in [0.4, 0.5) is 0 Å². The molecule has 6 heteroatoms. The molecule has 17 heavy (non-hydrogen) atoms. The Morgan fingerprint density at radius 1 is 1.18 bits per heavy atom. The maximum absolute atomic E-state index is 10.8. The van der Waals surface area contributed by atoms with Gasteiger partial charge in [-0.15, -0.1) is 0 Å². The van der Waals surface area contributed by atoms with Crippen LogP contribution in [0, 0.1) is 0 Å². The molecule has 0 amide bonds. The molecule has 0 atom stereocenters. The van der Waals surface area contributed by atoms with Gasteiger partial charge in [0.15, 0.2) is 0 Å². The number of rotatable bonds is 6. The zero-order valence-corrected chi connectivity index (χ0v) is 11.2. The first-order valence-electron chi connectivity index (χ1n) is 4.86. The molecule has 0 aliphatic heterocycles. The number of carbonyl (C=O) groups is 2. The van der Waals surface area contributed by atoms with Crippen molar-refractivity contribution in [2.75, 3.05) is 7.11 Å². The summed E-state index contributed by atoms with van der Waals surface area (Å²) in [6, 6.07) is 7.02. The van der Waals surface area contributed by atoms with Crippen molar-refractivity contribution in [1.29, 1.82) is 0 Å². The van der Waals surface area contributed by atoms with Crippen LogP contribution in [0.25, 0.3) is 0 Å². The van der Waals surface area contributed by atoms with Crippen molar-refractivity contribution in [3.05, 3.63) is 24.3 Å². The van der Waals surface area contributed by atoms with E-state index in [4.69, 9.17) is 14.9 Å². The average molecular weight is 300 g/mol. The molecule has 5 nitrogen and oxygen atoms in total. The molecule has 0 heterocycles. The van der Waals surface area contributed by atoms with Gasteiger partial charge in [0.25, 0.3) is 0 Å². The van der Waals surface area contributed by atoms with Gasteiger partial charge in [-0.3, -0.25) is 0 Å². The second kappa shape index (κ2) is 6.30. The van der Waals surface area contributed by atoms with Gasteiger partial charge < -0.3 is 0 Å². The van der Waals surface area contributed by atoms with E-state index in [1.807, 2.05) is 0 Å². The van der Waals surface area contributed by atoms with E-state index in [2.05, 4.69) is 0 Å². The summed E-state index contributed by atoms with van der Waals surface area (Å²) in [7, 11) is 1.49. The third-order valence-corrected chi connectivity index (χ3v) is 7.02. The second-order valence-corrected chi connectivity index (χ2v) is 7.92. The summed E-state index contributed by atoms with van der Waals surface area (Å²) in [6.45, 7) is 0. The van der Waals surface area contributed by atoms with E-state index in [1.54, 1.807) is 24.3 Å². The van der Waals surface area contributed by atoms with Gasteiger partial charge in [0.2, 0.25) is 0 Å². The number of methoxy groups -OCH3 is 1. The number of carboxylic acids is 2. The summed E-state index contributed by atoms with van der Waals surface area (Å²) in [4.78, 5) is 21.5. The minimum atomic E-state index is -2.16. The minimum absolute atomic E-state index is 0.0837. The Morgan fingerprint density at radius 2 is 1.71 bits per heavy atom. The van der Waals surface area contributed by atoms with Crippen molar-refractivity contribution in [2.45, 2.75) is 10.4 Å². The molecule has 0 saturated carbocycles. The predicted octanol–water partition coefficient (Wildman–Crippen LogP) is 0.566. The molecule has 92 valence electrons. The third-order valence-electron chi connectivity index (χ3n) is 2.08. The number of ether oxygens (including phenoxy) is 1. The van der Waals surface area contributed by atoms with E-state index in [-0.39, 0.29) is 10.4 Å². The van der Waals surface area contributed by atoms with Crippen LogP contribution in [-0.4, -0.2) is 43.9 Å². The van der Waals surface area contributed by atoms with Crippen LogP contribution in [-0.2, 0) is 9.59 Å². The standard InChI is InChI=1S/C11H13AsO5/c1-17-9-5-3-2-4-8(9)12(6-10(13)14)7-11(15)16/h2-5H,6-7H2,1H3,(H,13,14)(H,15,16). The van der Waals surface area contributed by atoms with Gasteiger partial charge in [0, 0.05) is 0 Å². The van der Waals surface area contributed by atoms with Crippen LogP contribution < -0.4 is 9.09 Å². The summed E-state index contributed by atoms with van der Waals surface area (Å²) in [5.74, 6) is -1.34. The van der Waals surface area contributed by atoms with E-state index in [9.17, 15) is 9.59 Å². The van der Waals surface area contributed by atoms with Gasteiger partial charge in [0.1, 0.15) is 0 Å². The summed E-state index contributed by atoms with van der Waals surface area (Å²) in [5, 5.41) is 17.5. The summed E-state index contributed by atoms with van der Waals surface area (Å²) in [6.07, 6.45) is 0. The molecular weight excluding hydrogens is 287 g/mol. The van der Waals surface area contributed by atoms with Crippen molar-refractivity contribution < 1.29 is 24.5 Å². The number of carboxylic acid groups (broad SMARTS) is 2. The average Bonchev–Trinajstić information content (AvgIpc) is 2.27. The number of aliphatic carboxylic acids is 2. The Bertz CT molecular complexity index is 402. The fraction of sp³-hybridized carbons (Fsp3) is 0.273. The van der Waals surface area contributed by atoms with E-state index in [0.29, 0.717) is 5.75 Å². The Hall–Kier alpha value is -1.48. The molecule has 0 aliphatic rings. The monoisotopic (exact) mass is 300 g/mol. The molecule has 0 aromatic heterocycles. The topological polar surface area (TPSA) is 83.8 Å². The predicted molar refractivity (Wildman–Crippen MR) is 63.3 cm³/mol. The third kappa shape index (κ3) is 4.11. The van der Waals surface area contributed by atoms with Gasteiger partial charge in [-0.25, -0.2) is 0 Å². The van der Waals surface area contributed by atoms with Gasteiger partial charge >= 0.3 is 103 Å². The molecule has 0 radical (unpaired) electrons. The quantitative estimate of drug-likeness (QED) is 0.750. The molecule has 1 aromatic carbocycles. The van der Waals surface area contributed by atoms with Crippen molar-refractivity contribution in [3.8, 4) is 5.75 Å². The molecule has 1 aromatic rings. The van der Waals surface area contributed by atoms with Crippen molar-refractivity contribution >= 4 is 30.9 Å². The zero-order chi connectivity index (χ0) is 12.8. The molecule has 1 rings (SSSR count). The number of hydrogen-bond acceptors (Lipinski definition) is 3. The van der Waals surface area contributed by atoms with Gasteiger partial charge in [-0.2, -0.15) is 0 Å². The molecule has 0 unspecified atom stereocenters. The molecule has 0 bridgehead atoms. The number of para-hydroxylation sites is 1. The van der Waals surface area contributed by atoms with Crippen molar-refractivity contribution in [1.82, 2.24) is 0 Å². The fourth-order valence-electron chi connectivity index (χ4n) is 1.44. The second-order valence-electron chi connectivity index (χ2n) is 3.32. The Labute approximate surface area is 103 Å². The molecule has 0 aliphatic carbocycles. The Morgan fingerprint density at radius 3 is 2.18 bits per heavy atom. The van der Waals surface area contributed by atoms with Crippen LogP contribution >= 0.6 is 0 Å². The van der Waals surface area contributed by atoms with E-state index in [1.165, 1.54) is 7.11 Å². The first-order chi connectivity index (χ1) is 8.04. The van der Waals surface area contributed by atoms with Gasteiger partial charge in [0.05, 0.1) is 0 Å². The van der Waals surface area contributed by atoms with E-state index >= 15 is 0 Å². The molecule has 2 N–H and O–H groups in total. The van der Waals surface area contributed by atoms with Crippen molar-refractivity contribution in [2.24, 2.45) is 0 Å². The first kappa shape index (κ1) is 13.6. The zero-order valence-electron chi connectivity index (χ0n) is 9.29. The molecule has 0 spiro atoms. The SMILES string of the molecule is COc1ccccc1[As](CC(=O)O)CC(=O)O. The van der Waals surface area contributed by atoms with Crippen LogP contribution in [0.1, 0.15) is 0 Å². The molecular formula is C11H13AsO5. The summed E-state index contributed by atoms with van der Waals surface area (Å²) in [5.41, 5.74) is 0. The van der Waals surface area contributed by atoms with Crippen LogP contribution in [0.15, 0.2) is 24.3 Å². The number of benzene rings is 1. The van der Waals surface area contributed by atoms with Crippen LogP contribution in [0.2, 0.25) is 10.4 Å².